The van der Waals surface area contributed by atoms with Crippen molar-refractivity contribution in [2.75, 3.05) is 0 Å². The summed E-state index contributed by atoms with van der Waals surface area (Å²) in [5, 5.41) is 3.79. The monoisotopic (exact) mass is 338 g/mol. The number of fused-ring (bicyclic) bond motifs is 6. The minimum atomic E-state index is 0.759. The Bertz CT molecular complexity index is 1100. The van der Waals surface area contributed by atoms with Crippen LogP contribution in [0, 0.1) is 0 Å². The molecule has 0 aliphatic heterocycles. The molecule has 23 heavy (non-hydrogen) atoms. The van der Waals surface area contributed by atoms with E-state index < -0.39 is 0 Å². The zero-order valence-corrected chi connectivity index (χ0v) is 13.7. The minimum absolute atomic E-state index is 0.759. The predicted octanol–water partition coefficient (Wildman–Crippen LogP) is 5.79. The third-order valence-corrected chi connectivity index (χ3v) is 5.32. The molecule has 2 aromatic carbocycles. The van der Waals surface area contributed by atoms with Gasteiger partial charge in [0.05, 0.1) is 21.9 Å². The Morgan fingerprint density at radius 1 is 0.913 bits per heavy atom. The number of para-hydroxylation sites is 1. The van der Waals surface area contributed by atoms with Crippen LogP contribution in [-0.4, -0.2) is 9.97 Å². The first kappa shape index (κ1) is 13.4. The molecule has 0 fully saturated rings. The first-order valence-corrected chi connectivity index (χ1v) is 8.35. The number of hydrogen-bond acceptors (Lipinski definition) is 1. The highest BCUT2D eigenvalue weighted by Gasteiger charge is 2.25. The van der Waals surface area contributed by atoms with Crippen molar-refractivity contribution in [3.05, 3.63) is 63.6 Å². The molecule has 112 valence electrons. The summed E-state index contributed by atoms with van der Waals surface area (Å²) >= 11 is 12.8. The molecular weight excluding hydrogens is 327 g/mol. The zero-order valence-electron chi connectivity index (χ0n) is 12.2. The Hall–Kier alpha value is -2.03. The van der Waals surface area contributed by atoms with Crippen molar-refractivity contribution in [3.63, 3.8) is 0 Å². The normalized spacial score (nSPS) is 13.3. The minimum Gasteiger partial charge on any atom is -0.353 e. The van der Waals surface area contributed by atoms with Crippen LogP contribution in [0.1, 0.15) is 11.1 Å². The van der Waals surface area contributed by atoms with Crippen molar-refractivity contribution in [2.45, 2.75) is 12.8 Å². The van der Waals surface area contributed by atoms with Gasteiger partial charge in [0.1, 0.15) is 0 Å². The van der Waals surface area contributed by atoms with Crippen molar-refractivity contribution < 1.29 is 0 Å². The highest BCUT2D eigenvalue weighted by Crippen LogP contribution is 2.41. The van der Waals surface area contributed by atoms with Crippen molar-refractivity contribution in [1.82, 2.24) is 9.97 Å². The lowest BCUT2D eigenvalue weighted by atomic mass is 9.91. The van der Waals surface area contributed by atoms with E-state index >= 15 is 0 Å². The first-order valence-electron chi connectivity index (χ1n) is 7.60. The van der Waals surface area contributed by atoms with E-state index in [4.69, 9.17) is 28.2 Å². The van der Waals surface area contributed by atoms with Gasteiger partial charge in [0, 0.05) is 21.3 Å². The molecular formula is C19H12Cl2N2. The van der Waals surface area contributed by atoms with Gasteiger partial charge in [-0.25, -0.2) is 4.98 Å². The second kappa shape index (κ2) is 4.73. The molecule has 1 N–H and O–H groups in total. The van der Waals surface area contributed by atoms with Crippen molar-refractivity contribution in [3.8, 4) is 11.4 Å². The van der Waals surface area contributed by atoms with Gasteiger partial charge < -0.3 is 4.98 Å². The fourth-order valence-corrected chi connectivity index (χ4v) is 4.09. The molecule has 0 saturated carbocycles. The number of aromatic amines is 1. The number of hydrogen-bond donors (Lipinski definition) is 1. The van der Waals surface area contributed by atoms with Crippen LogP contribution in [-0.2, 0) is 12.8 Å². The SMILES string of the molecule is Clc1ccc2[nH]c3c(c2c1)CCc1c-3nc2ccccc2c1Cl. The average Bonchev–Trinajstić information content (AvgIpc) is 2.93. The van der Waals surface area contributed by atoms with Gasteiger partial charge in [-0.1, -0.05) is 41.4 Å². The van der Waals surface area contributed by atoms with Crippen molar-refractivity contribution >= 4 is 45.0 Å². The molecule has 2 aromatic heterocycles. The lowest BCUT2D eigenvalue weighted by molar-refractivity contribution is 0.938. The lowest BCUT2D eigenvalue weighted by Gasteiger charge is -2.18. The molecule has 0 amide bonds. The summed E-state index contributed by atoms with van der Waals surface area (Å²) in [6, 6.07) is 14.0. The highest BCUT2D eigenvalue weighted by atomic mass is 35.5. The summed E-state index contributed by atoms with van der Waals surface area (Å²) in [5.41, 5.74) is 6.50. The number of rotatable bonds is 0. The number of aromatic nitrogens is 2. The molecule has 0 atom stereocenters. The summed E-state index contributed by atoms with van der Waals surface area (Å²) in [6.07, 6.45) is 1.85. The van der Waals surface area contributed by atoms with E-state index in [1.807, 2.05) is 42.5 Å². The second-order valence-electron chi connectivity index (χ2n) is 5.94. The molecule has 0 bridgehead atoms. The standard InChI is InChI=1S/C19H12Cl2N2/c20-10-5-8-16-14(9-10)11-6-7-13-17(21)12-3-1-2-4-15(12)22-19(13)18(11)23-16/h1-5,8-9,23H,6-7H2. The van der Waals surface area contributed by atoms with Crippen molar-refractivity contribution in [2.24, 2.45) is 0 Å². The number of halogens is 2. The molecule has 0 unspecified atom stereocenters. The van der Waals surface area contributed by atoms with E-state index in [0.717, 1.165) is 56.3 Å². The van der Waals surface area contributed by atoms with Crippen LogP contribution in [0.3, 0.4) is 0 Å². The van der Waals surface area contributed by atoms with Crippen LogP contribution in [0.2, 0.25) is 10.0 Å². The van der Waals surface area contributed by atoms with Crippen molar-refractivity contribution in [1.29, 1.82) is 0 Å². The van der Waals surface area contributed by atoms with Gasteiger partial charge in [-0.05, 0) is 48.2 Å². The zero-order chi connectivity index (χ0) is 15.6. The quantitative estimate of drug-likeness (QED) is 0.432. The van der Waals surface area contributed by atoms with Gasteiger partial charge in [-0.15, -0.1) is 0 Å². The van der Waals surface area contributed by atoms with Crippen LogP contribution in [0.15, 0.2) is 42.5 Å². The fraction of sp³-hybridized carbons (Fsp3) is 0.105. The largest absolute Gasteiger partial charge is 0.353 e. The van der Waals surface area contributed by atoms with E-state index in [0.29, 0.717) is 0 Å². The lowest BCUT2D eigenvalue weighted by Crippen LogP contribution is -2.06. The average molecular weight is 339 g/mol. The van der Waals surface area contributed by atoms with Gasteiger partial charge in [-0.3, -0.25) is 0 Å². The molecule has 0 saturated heterocycles. The Kier molecular flexibility index (Phi) is 2.76. The maximum Gasteiger partial charge on any atom is 0.0922 e. The summed E-state index contributed by atoms with van der Waals surface area (Å²) in [6.45, 7) is 0. The number of pyridine rings is 1. The topological polar surface area (TPSA) is 28.7 Å². The van der Waals surface area contributed by atoms with Crippen LogP contribution in [0.25, 0.3) is 33.2 Å². The molecule has 1 aliphatic rings. The number of nitrogens with one attached hydrogen (secondary N) is 1. The van der Waals surface area contributed by atoms with E-state index in [2.05, 4.69) is 4.98 Å². The number of H-pyrrole nitrogens is 1. The van der Waals surface area contributed by atoms with Gasteiger partial charge in [-0.2, -0.15) is 0 Å². The Morgan fingerprint density at radius 3 is 2.65 bits per heavy atom. The molecule has 5 rings (SSSR count). The Morgan fingerprint density at radius 2 is 1.74 bits per heavy atom. The molecule has 1 aliphatic carbocycles. The van der Waals surface area contributed by atoms with E-state index in [1.165, 1.54) is 10.9 Å². The van der Waals surface area contributed by atoms with Crippen LogP contribution >= 0.6 is 23.2 Å². The molecule has 2 nitrogen and oxygen atoms in total. The molecule has 4 heteroatoms. The van der Waals surface area contributed by atoms with E-state index in [1.54, 1.807) is 0 Å². The number of nitrogens with zero attached hydrogens (tertiary/aromatic N) is 1. The van der Waals surface area contributed by atoms with Crippen LogP contribution in [0.5, 0.6) is 0 Å². The third kappa shape index (κ3) is 1.85. The second-order valence-corrected chi connectivity index (χ2v) is 6.75. The van der Waals surface area contributed by atoms with E-state index in [-0.39, 0.29) is 0 Å². The molecule has 0 spiro atoms. The number of benzene rings is 2. The Labute approximate surface area is 143 Å². The molecule has 2 heterocycles. The third-order valence-electron chi connectivity index (χ3n) is 4.65. The van der Waals surface area contributed by atoms with E-state index in [9.17, 15) is 0 Å². The first-order chi connectivity index (χ1) is 11.2. The fourth-order valence-electron chi connectivity index (χ4n) is 3.58. The van der Waals surface area contributed by atoms with Crippen LogP contribution in [0.4, 0.5) is 0 Å². The summed E-state index contributed by atoms with van der Waals surface area (Å²) in [5.74, 6) is 0. The highest BCUT2D eigenvalue weighted by molar-refractivity contribution is 6.36. The van der Waals surface area contributed by atoms with Gasteiger partial charge >= 0.3 is 0 Å². The summed E-state index contributed by atoms with van der Waals surface area (Å²) in [4.78, 5) is 8.40. The summed E-state index contributed by atoms with van der Waals surface area (Å²) in [7, 11) is 0. The smallest absolute Gasteiger partial charge is 0.0922 e. The number of aryl methyl sites for hydroxylation is 1. The Balaban J connectivity index is 1.88. The molecule has 4 aromatic rings. The summed E-state index contributed by atoms with van der Waals surface area (Å²) < 4.78 is 0. The van der Waals surface area contributed by atoms with Gasteiger partial charge in [0.25, 0.3) is 0 Å². The van der Waals surface area contributed by atoms with Gasteiger partial charge in [0.2, 0.25) is 0 Å². The predicted molar refractivity (Wildman–Crippen MR) is 96.5 cm³/mol. The maximum absolute atomic E-state index is 6.67. The maximum atomic E-state index is 6.67. The van der Waals surface area contributed by atoms with Gasteiger partial charge in [0.15, 0.2) is 0 Å². The van der Waals surface area contributed by atoms with Crippen LogP contribution < -0.4 is 0 Å². The molecule has 0 radical (unpaired) electrons.